The predicted molar refractivity (Wildman–Crippen MR) is 122 cm³/mol. The molecule has 6 nitrogen and oxygen atoms in total. The Bertz CT molecular complexity index is 1240. The molecule has 0 atom stereocenters. The van der Waals surface area contributed by atoms with Crippen LogP contribution in [0.5, 0.6) is 0 Å². The van der Waals surface area contributed by atoms with E-state index >= 15 is 0 Å². The lowest BCUT2D eigenvalue weighted by Gasteiger charge is -2.22. The first-order valence-electron chi connectivity index (χ1n) is 10.6. The lowest BCUT2D eigenvalue weighted by atomic mass is 10.0. The maximum Gasteiger partial charge on any atom is 0.253 e. The van der Waals surface area contributed by atoms with Crippen LogP contribution in [0, 0.1) is 5.82 Å². The van der Waals surface area contributed by atoms with Crippen LogP contribution in [0.4, 0.5) is 4.39 Å². The van der Waals surface area contributed by atoms with Crippen LogP contribution in [0.15, 0.2) is 83.8 Å². The summed E-state index contributed by atoms with van der Waals surface area (Å²) < 4.78 is 40.3. The van der Waals surface area contributed by atoms with Gasteiger partial charge in [-0.3, -0.25) is 9.59 Å². The molecular weight excluding hydrogens is 443 g/mol. The summed E-state index contributed by atoms with van der Waals surface area (Å²) in [5, 5.41) is 0. The lowest BCUT2D eigenvalue weighted by Crippen LogP contribution is -2.37. The summed E-state index contributed by atoms with van der Waals surface area (Å²) in [5.74, 6) is -0.834. The first-order valence-corrected chi connectivity index (χ1v) is 12.0. The van der Waals surface area contributed by atoms with E-state index in [1.54, 1.807) is 53.4 Å². The summed E-state index contributed by atoms with van der Waals surface area (Å²) in [4.78, 5) is 27.2. The molecule has 0 aromatic heterocycles. The van der Waals surface area contributed by atoms with Crippen molar-refractivity contribution in [2.75, 3.05) is 26.2 Å². The van der Waals surface area contributed by atoms with Gasteiger partial charge in [-0.25, -0.2) is 12.8 Å². The molecule has 0 bridgehead atoms. The average Bonchev–Trinajstić information content (AvgIpc) is 3.11. The number of ketones is 1. The smallest absolute Gasteiger partial charge is 0.253 e. The Morgan fingerprint density at radius 1 is 0.697 bits per heavy atom. The molecule has 4 rings (SSSR count). The Labute approximate surface area is 192 Å². The highest BCUT2D eigenvalue weighted by Gasteiger charge is 2.28. The van der Waals surface area contributed by atoms with Crippen LogP contribution in [-0.2, 0) is 10.0 Å². The number of hydrogen-bond acceptors (Lipinski definition) is 4. The second-order valence-electron chi connectivity index (χ2n) is 7.78. The van der Waals surface area contributed by atoms with Crippen LogP contribution in [0.3, 0.4) is 0 Å². The SMILES string of the molecule is O=C(c1ccccc1)c1ccc(C(=O)N2CCCN(S(=O)(=O)c3ccc(F)cc3)CC2)cc1. The molecule has 1 amide bonds. The van der Waals surface area contributed by atoms with E-state index in [4.69, 9.17) is 0 Å². The number of amides is 1. The van der Waals surface area contributed by atoms with Crippen molar-refractivity contribution in [3.8, 4) is 0 Å². The molecule has 0 radical (unpaired) electrons. The van der Waals surface area contributed by atoms with Crippen molar-refractivity contribution < 1.29 is 22.4 Å². The molecule has 0 saturated carbocycles. The third-order valence-corrected chi connectivity index (χ3v) is 7.54. The number of carbonyl (C=O) groups is 2. The van der Waals surface area contributed by atoms with E-state index in [2.05, 4.69) is 0 Å². The first kappa shape index (κ1) is 22.8. The van der Waals surface area contributed by atoms with Crippen molar-refractivity contribution in [3.63, 3.8) is 0 Å². The van der Waals surface area contributed by atoms with Crippen molar-refractivity contribution in [1.82, 2.24) is 9.21 Å². The number of nitrogens with zero attached hydrogens (tertiary/aromatic N) is 2. The van der Waals surface area contributed by atoms with Gasteiger partial charge in [0.05, 0.1) is 4.90 Å². The van der Waals surface area contributed by atoms with E-state index in [0.717, 1.165) is 12.1 Å². The molecule has 1 saturated heterocycles. The minimum atomic E-state index is -3.77. The van der Waals surface area contributed by atoms with Gasteiger partial charge in [-0.1, -0.05) is 42.5 Å². The van der Waals surface area contributed by atoms with Crippen LogP contribution < -0.4 is 0 Å². The highest BCUT2D eigenvalue weighted by Crippen LogP contribution is 2.19. The van der Waals surface area contributed by atoms with Gasteiger partial charge in [0.1, 0.15) is 5.82 Å². The van der Waals surface area contributed by atoms with Crippen LogP contribution in [0.25, 0.3) is 0 Å². The van der Waals surface area contributed by atoms with Gasteiger partial charge >= 0.3 is 0 Å². The van der Waals surface area contributed by atoms with E-state index in [0.29, 0.717) is 29.7 Å². The molecule has 0 N–H and O–H groups in total. The van der Waals surface area contributed by atoms with Crippen LogP contribution in [0.1, 0.15) is 32.7 Å². The Balaban J connectivity index is 1.43. The van der Waals surface area contributed by atoms with Gasteiger partial charge in [0, 0.05) is 42.9 Å². The van der Waals surface area contributed by atoms with Crippen LogP contribution in [-0.4, -0.2) is 55.5 Å². The number of rotatable bonds is 5. The second kappa shape index (κ2) is 9.64. The standard InChI is InChI=1S/C25H23FN2O4S/c26-22-11-13-23(14-12-22)33(31,32)28-16-4-15-27(17-18-28)25(30)21-9-7-20(8-10-21)24(29)19-5-2-1-3-6-19/h1-3,5-14H,4,15-18H2. The van der Waals surface area contributed by atoms with Gasteiger partial charge in [0.25, 0.3) is 5.91 Å². The fraction of sp³-hybridized carbons (Fsp3) is 0.200. The van der Waals surface area contributed by atoms with Crippen molar-refractivity contribution in [2.24, 2.45) is 0 Å². The normalized spacial score (nSPS) is 15.1. The van der Waals surface area contributed by atoms with Gasteiger partial charge in [0.2, 0.25) is 10.0 Å². The van der Waals surface area contributed by atoms with Crippen LogP contribution in [0.2, 0.25) is 0 Å². The second-order valence-corrected chi connectivity index (χ2v) is 9.71. The number of sulfonamides is 1. The van der Waals surface area contributed by atoms with Crippen molar-refractivity contribution in [1.29, 1.82) is 0 Å². The zero-order chi connectivity index (χ0) is 23.4. The van der Waals surface area contributed by atoms with Gasteiger partial charge in [-0.15, -0.1) is 0 Å². The van der Waals surface area contributed by atoms with Crippen molar-refractivity contribution in [2.45, 2.75) is 11.3 Å². The summed E-state index contributed by atoms with van der Waals surface area (Å²) in [5.41, 5.74) is 1.51. The Morgan fingerprint density at radius 3 is 1.97 bits per heavy atom. The third-order valence-electron chi connectivity index (χ3n) is 5.62. The number of carbonyl (C=O) groups excluding carboxylic acids is 2. The monoisotopic (exact) mass is 466 g/mol. The zero-order valence-corrected chi connectivity index (χ0v) is 18.7. The number of halogens is 1. The Morgan fingerprint density at radius 2 is 1.30 bits per heavy atom. The molecule has 33 heavy (non-hydrogen) atoms. The number of benzene rings is 3. The van der Waals surface area contributed by atoms with E-state index in [1.807, 2.05) is 6.07 Å². The lowest BCUT2D eigenvalue weighted by molar-refractivity contribution is 0.0764. The molecule has 8 heteroatoms. The van der Waals surface area contributed by atoms with Crippen LogP contribution >= 0.6 is 0 Å². The molecule has 170 valence electrons. The minimum absolute atomic E-state index is 0.0300. The van der Waals surface area contributed by atoms with Gasteiger partial charge < -0.3 is 4.90 Å². The predicted octanol–water partition coefficient (Wildman–Crippen LogP) is 3.59. The molecule has 1 fully saturated rings. The summed E-state index contributed by atoms with van der Waals surface area (Å²) in [6.45, 7) is 1.08. The Hall–Kier alpha value is -3.36. The van der Waals surface area contributed by atoms with E-state index in [1.165, 1.54) is 16.4 Å². The fourth-order valence-electron chi connectivity index (χ4n) is 3.80. The van der Waals surface area contributed by atoms with E-state index in [9.17, 15) is 22.4 Å². The maximum absolute atomic E-state index is 13.2. The molecule has 0 spiro atoms. The largest absolute Gasteiger partial charge is 0.337 e. The van der Waals surface area contributed by atoms with Gasteiger partial charge in [-0.2, -0.15) is 4.31 Å². The molecule has 1 aliphatic heterocycles. The summed E-state index contributed by atoms with van der Waals surface area (Å²) in [7, 11) is -3.77. The highest BCUT2D eigenvalue weighted by atomic mass is 32.2. The molecule has 1 aliphatic rings. The third kappa shape index (κ3) is 5.02. The molecule has 3 aromatic rings. The highest BCUT2D eigenvalue weighted by molar-refractivity contribution is 7.89. The topological polar surface area (TPSA) is 74.8 Å². The summed E-state index contributed by atoms with van der Waals surface area (Å²) >= 11 is 0. The molecule has 3 aromatic carbocycles. The average molecular weight is 467 g/mol. The van der Waals surface area contributed by atoms with Gasteiger partial charge in [-0.05, 0) is 42.8 Å². The van der Waals surface area contributed by atoms with Gasteiger partial charge in [0.15, 0.2) is 5.78 Å². The summed E-state index contributed by atoms with van der Waals surface area (Å²) in [6, 6.07) is 20.1. The molecule has 0 unspecified atom stereocenters. The maximum atomic E-state index is 13.2. The molecular formula is C25H23FN2O4S. The quantitative estimate of drug-likeness (QED) is 0.539. The molecule has 1 heterocycles. The molecule has 0 aliphatic carbocycles. The fourth-order valence-corrected chi connectivity index (χ4v) is 5.27. The Kier molecular flexibility index (Phi) is 6.67. The first-order chi connectivity index (χ1) is 15.9. The van der Waals surface area contributed by atoms with Crippen molar-refractivity contribution >= 4 is 21.7 Å². The zero-order valence-electron chi connectivity index (χ0n) is 17.9. The van der Waals surface area contributed by atoms with E-state index < -0.39 is 15.8 Å². The van der Waals surface area contributed by atoms with Crippen molar-refractivity contribution in [3.05, 3.63) is 101 Å². The van der Waals surface area contributed by atoms with E-state index in [-0.39, 0.29) is 36.2 Å². The minimum Gasteiger partial charge on any atom is -0.337 e. The number of hydrogen-bond donors (Lipinski definition) is 0. The summed E-state index contributed by atoms with van der Waals surface area (Å²) in [6.07, 6.45) is 0.483.